The lowest BCUT2D eigenvalue weighted by molar-refractivity contribution is 0.0965. The molecule has 0 aliphatic heterocycles. The zero-order valence-corrected chi connectivity index (χ0v) is 11.4. The van der Waals surface area contributed by atoms with Gasteiger partial charge in [0.25, 0.3) is 5.91 Å². The molecule has 0 radical (unpaired) electrons. The molecule has 5 nitrogen and oxygen atoms in total. The first-order valence-electron chi connectivity index (χ1n) is 5.87. The fourth-order valence-electron chi connectivity index (χ4n) is 1.66. The molecule has 1 aromatic heterocycles. The topological polar surface area (TPSA) is 80.0 Å². The molecule has 0 spiro atoms. The average molecular weight is 256 g/mol. The third kappa shape index (κ3) is 3.33. The van der Waals surface area contributed by atoms with Crippen molar-refractivity contribution >= 4 is 28.3 Å². The molecule has 1 unspecified atom stereocenters. The number of nitrogen functional groups attached to an aromatic ring is 1. The Morgan fingerprint density at radius 3 is 2.76 bits per heavy atom. The van der Waals surface area contributed by atoms with Gasteiger partial charge in [0.1, 0.15) is 10.6 Å². The summed E-state index contributed by atoms with van der Waals surface area (Å²) in [7, 11) is 1.59. The van der Waals surface area contributed by atoms with Crippen molar-refractivity contribution in [1.29, 1.82) is 0 Å². The molecular weight excluding hydrogens is 236 g/mol. The number of nitrogens with one attached hydrogen (secondary N) is 2. The van der Waals surface area contributed by atoms with Gasteiger partial charge in [-0.15, -0.1) is 0 Å². The molecule has 17 heavy (non-hydrogen) atoms. The highest BCUT2D eigenvalue weighted by molar-refractivity contribution is 7.11. The molecule has 1 amide bonds. The van der Waals surface area contributed by atoms with Crippen molar-refractivity contribution in [2.24, 2.45) is 0 Å². The summed E-state index contributed by atoms with van der Waals surface area (Å²) in [5.41, 5.74) is 6.17. The molecular formula is C11H20N4OS. The molecule has 1 heterocycles. The maximum absolute atomic E-state index is 11.7. The molecule has 1 atom stereocenters. The molecule has 0 saturated heterocycles. The van der Waals surface area contributed by atoms with Gasteiger partial charge in [-0.25, -0.2) is 0 Å². The largest absolute Gasteiger partial charge is 0.382 e. The Kier molecular flexibility index (Phi) is 5.21. The van der Waals surface area contributed by atoms with Crippen LogP contribution < -0.4 is 16.4 Å². The van der Waals surface area contributed by atoms with Crippen LogP contribution in [0.5, 0.6) is 0 Å². The zero-order chi connectivity index (χ0) is 12.8. The van der Waals surface area contributed by atoms with E-state index < -0.39 is 0 Å². The van der Waals surface area contributed by atoms with Crippen molar-refractivity contribution in [3.8, 4) is 0 Å². The fraction of sp³-hybridized carbons (Fsp3) is 0.636. The third-order valence-corrected chi connectivity index (χ3v) is 3.43. The van der Waals surface area contributed by atoms with Crippen molar-refractivity contribution in [3.63, 3.8) is 0 Å². The number of carbonyl (C=O) groups excluding carboxylic acids is 1. The first-order valence-corrected chi connectivity index (χ1v) is 6.65. The van der Waals surface area contributed by atoms with Gasteiger partial charge in [0.15, 0.2) is 5.82 Å². The summed E-state index contributed by atoms with van der Waals surface area (Å²) in [5.74, 6) is 0.105. The number of hydrogen-bond donors (Lipinski definition) is 3. The van der Waals surface area contributed by atoms with E-state index in [4.69, 9.17) is 5.73 Å². The number of aromatic nitrogens is 1. The highest BCUT2D eigenvalue weighted by atomic mass is 32.1. The van der Waals surface area contributed by atoms with Gasteiger partial charge >= 0.3 is 0 Å². The first-order chi connectivity index (χ1) is 8.13. The summed E-state index contributed by atoms with van der Waals surface area (Å²) >= 11 is 1.24. The highest BCUT2D eigenvalue weighted by Gasteiger charge is 2.19. The normalized spacial score (nSPS) is 12.2. The molecule has 0 aliphatic carbocycles. The molecule has 0 saturated carbocycles. The van der Waals surface area contributed by atoms with Gasteiger partial charge in [-0.05, 0) is 24.4 Å². The lowest BCUT2D eigenvalue weighted by Gasteiger charge is -2.16. The summed E-state index contributed by atoms with van der Waals surface area (Å²) in [6.45, 7) is 4.27. The van der Waals surface area contributed by atoms with Crippen molar-refractivity contribution in [2.75, 3.05) is 18.1 Å². The molecule has 0 fully saturated rings. The van der Waals surface area contributed by atoms with Crippen LogP contribution in [0.15, 0.2) is 0 Å². The predicted octanol–water partition coefficient (Wildman–Crippen LogP) is 2.08. The van der Waals surface area contributed by atoms with Gasteiger partial charge < -0.3 is 16.4 Å². The Labute approximate surface area is 106 Å². The number of nitrogens with zero attached hydrogens (tertiary/aromatic N) is 1. The SMILES string of the molecule is CCCC(CC)Nc1snc(N)c1C(=O)NC. The summed E-state index contributed by atoms with van der Waals surface area (Å²) in [5, 5.41) is 6.69. The van der Waals surface area contributed by atoms with Crippen LogP contribution in [0.1, 0.15) is 43.5 Å². The van der Waals surface area contributed by atoms with Crippen LogP contribution in [0.4, 0.5) is 10.8 Å². The molecule has 1 aromatic rings. The lowest BCUT2D eigenvalue weighted by atomic mass is 10.1. The monoisotopic (exact) mass is 256 g/mol. The van der Waals surface area contributed by atoms with Crippen molar-refractivity contribution in [2.45, 2.75) is 39.2 Å². The molecule has 6 heteroatoms. The van der Waals surface area contributed by atoms with Crippen LogP contribution in [0, 0.1) is 0 Å². The van der Waals surface area contributed by atoms with E-state index in [9.17, 15) is 4.79 Å². The minimum Gasteiger partial charge on any atom is -0.382 e. The van der Waals surface area contributed by atoms with Crippen molar-refractivity contribution in [1.82, 2.24) is 9.69 Å². The summed E-state index contributed by atoms with van der Waals surface area (Å²) < 4.78 is 4.03. The first kappa shape index (κ1) is 13.8. The number of rotatable bonds is 6. The summed E-state index contributed by atoms with van der Waals surface area (Å²) in [6, 6.07) is 0.364. The van der Waals surface area contributed by atoms with E-state index in [1.165, 1.54) is 11.5 Å². The number of carbonyl (C=O) groups is 1. The highest BCUT2D eigenvalue weighted by Crippen LogP contribution is 2.28. The van der Waals surface area contributed by atoms with Crippen LogP contribution >= 0.6 is 11.5 Å². The van der Waals surface area contributed by atoms with Crippen LogP contribution in [0.2, 0.25) is 0 Å². The number of hydrogen-bond acceptors (Lipinski definition) is 5. The van der Waals surface area contributed by atoms with E-state index in [0.29, 0.717) is 17.4 Å². The van der Waals surface area contributed by atoms with Gasteiger partial charge in [-0.2, -0.15) is 4.37 Å². The second kappa shape index (κ2) is 6.44. The van der Waals surface area contributed by atoms with Gasteiger partial charge in [-0.1, -0.05) is 20.3 Å². The Balaban J connectivity index is 2.87. The quantitative estimate of drug-likeness (QED) is 0.728. The maximum atomic E-state index is 11.7. The number of nitrogens with two attached hydrogens (primary N) is 1. The van der Waals surface area contributed by atoms with Crippen LogP contribution in [0.25, 0.3) is 0 Å². The van der Waals surface area contributed by atoms with E-state index in [2.05, 4.69) is 28.9 Å². The summed E-state index contributed by atoms with van der Waals surface area (Å²) in [6.07, 6.45) is 3.19. The molecule has 0 aromatic carbocycles. The Morgan fingerprint density at radius 1 is 1.53 bits per heavy atom. The van der Waals surface area contributed by atoms with E-state index >= 15 is 0 Å². The van der Waals surface area contributed by atoms with E-state index in [-0.39, 0.29) is 5.91 Å². The molecule has 0 aliphatic rings. The second-order valence-corrected chi connectivity index (χ2v) is 4.66. The number of anilines is 2. The van der Waals surface area contributed by atoms with Crippen molar-refractivity contribution < 1.29 is 4.79 Å². The van der Waals surface area contributed by atoms with Gasteiger partial charge in [-0.3, -0.25) is 4.79 Å². The van der Waals surface area contributed by atoms with Crippen molar-refractivity contribution in [3.05, 3.63) is 5.56 Å². The predicted molar refractivity (Wildman–Crippen MR) is 72.5 cm³/mol. The Hall–Kier alpha value is -1.30. The Morgan fingerprint density at radius 2 is 2.24 bits per heavy atom. The average Bonchev–Trinajstić information content (AvgIpc) is 2.69. The number of amides is 1. The van der Waals surface area contributed by atoms with E-state index in [0.717, 1.165) is 24.3 Å². The molecule has 96 valence electrons. The standard InChI is InChI=1S/C11H20N4OS/c1-4-6-7(5-2)14-11-8(10(16)13-3)9(12)15-17-11/h7,14H,4-6H2,1-3H3,(H2,12,15)(H,13,16). The van der Waals surface area contributed by atoms with E-state index in [1.54, 1.807) is 7.05 Å². The second-order valence-electron chi connectivity index (χ2n) is 3.89. The van der Waals surface area contributed by atoms with Gasteiger partial charge in [0.2, 0.25) is 0 Å². The maximum Gasteiger partial charge on any atom is 0.257 e. The van der Waals surface area contributed by atoms with E-state index in [1.807, 2.05) is 0 Å². The molecule has 1 rings (SSSR count). The Bertz CT molecular complexity index is 378. The molecule has 0 bridgehead atoms. The molecule has 4 N–H and O–H groups in total. The minimum atomic E-state index is -0.190. The fourth-order valence-corrected chi connectivity index (χ4v) is 2.45. The van der Waals surface area contributed by atoms with Gasteiger partial charge in [0.05, 0.1) is 0 Å². The minimum absolute atomic E-state index is 0.190. The smallest absolute Gasteiger partial charge is 0.257 e. The summed E-state index contributed by atoms with van der Waals surface area (Å²) in [4.78, 5) is 11.7. The van der Waals surface area contributed by atoms with Crippen LogP contribution in [-0.2, 0) is 0 Å². The van der Waals surface area contributed by atoms with Crippen LogP contribution in [0.3, 0.4) is 0 Å². The third-order valence-electron chi connectivity index (χ3n) is 2.64. The lowest BCUT2D eigenvalue weighted by Crippen LogP contribution is -2.23. The van der Waals surface area contributed by atoms with Gasteiger partial charge in [0, 0.05) is 13.1 Å². The zero-order valence-electron chi connectivity index (χ0n) is 10.5. The van der Waals surface area contributed by atoms with Crippen LogP contribution in [-0.4, -0.2) is 23.4 Å².